The molecular formula is C25H26ClFN4O. The van der Waals surface area contributed by atoms with E-state index >= 15 is 0 Å². The molecule has 1 aliphatic heterocycles. The number of halogens is 2. The van der Waals surface area contributed by atoms with E-state index in [-0.39, 0.29) is 11.7 Å². The van der Waals surface area contributed by atoms with E-state index in [1.165, 1.54) is 12.1 Å². The number of nitrogens with zero attached hydrogens (tertiary/aromatic N) is 4. The van der Waals surface area contributed by atoms with Gasteiger partial charge in [0.15, 0.2) is 0 Å². The van der Waals surface area contributed by atoms with E-state index in [0.717, 1.165) is 44.0 Å². The predicted octanol–water partition coefficient (Wildman–Crippen LogP) is 4.86. The minimum absolute atomic E-state index is 0.187. The summed E-state index contributed by atoms with van der Waals surface area (Å²) in [4.78, 5) is 24.2. The molecule has 4 rings (SSSR count). The molecule has 1 amide bonds. The summed E-state index contributed by atoms with van der Waals surface area (Å²) < 4.78 is 13.5. The topological polar surface area (TPSA) is 39.7 Å². The maximum absolute atomic E-state index is 13.5. The smallest absolute Gasteiger partial charge is 0.258 e. The number of hydrogen-bond acceptors (Lipinski definition) is 4. The Morgan fingerprint density at radius 2 is 1.75 bits per heavy atom. The van der Waals surface area contributed by atoms with Gasteiger partial charge in [0.1, 0.15) is 11.6 Å². The molecule has 0 aliphatic carbocycles. The van der Waals surface area contributed by atoms with Crippen molar-refractivity contribution in [3.05, 3.63) is 88.8 Å². The number of hydrogen-bond donors (Lipinski definition) is 0. The van der Waals surface area contributed by atoms with Crippen LogP contribution in [0.25, 0.3) is 0 Å². The first-order chi connectivity index (χ1) is 15.5. The molecule has 0 N–H and O–H groups in total. The quantitative estimate of drug-likeness (QED) is 0.554. The fourth-order valence-electron chi connectivity index (χ4n) is 3.81. The van der Waals surface area contributed by atoms with Crippen LogP contribution in [-0.2, 0) is 6.54 Å². The van der Waals surface area contributed by atoms with Crippen molar-refractivity contribution in [2.45, 2.75) is 13.0 Å². The summed E-state index contributed by atoms with van der Waals surface area (Å²) in [5.41, 5.74) is 2.02. The Kier molecular flexibility index (Phi) is 7.02. The van der Waals surface area contributed by atoms with Gasteiger partial charge in [0.2, 0.25) is 0 Å². The molecule has 0 bridgehead atoms. The number of benzene rings is 2. The number of carbonyl (C=O) groups is 1. The lowest BCUT2D eigenvalue weighted by atomic mass is 10.1. The Balaban J connectivity index is 1.56. The van der Waals surface area contributed by atoms with Gasteiger partial charge in [-0.15, -0.1) is 0 Å². The van der Waals surface area contributed by atoms with Crippen LogP contribution in [0.2, 0.25) is 5.02 Å². The molecule has 2 heterocycles. The van der Waals surface area contributed by atoms with E-state index in [4.69, 9.17) is 11.6 Å². The summed E-state index contributed by atoms with van der Waals surface area (Å²) in [7, 11) is 2.14. The molecule has 0 unspecified atom stereocenters. The molecule has 2 aromatic carbocycles. The van der Waals surface area contributed by atoms with Crippen LogP contribution in [0.5, 0.6) is 0 Å². The Morgan fingerprint density at radius 3 is 2.44 bits per heavy atom. The van der Waals surface area contributed by atoms with Crippen molar-refractivity contribution in [2.24, 2.45) is 0 Å². The number of likely N-dealkylation sites (N-methyl/N-ethyl adjacent to an activating group) is 1. The SMILES string of the molecule is CN1CCCN(c2ccc(CN(C(=O)c3ccc(Cl)cc3)c3ccc(F)cc3)cn2)CC1. The lowest BCUT2D eigenvalue weighted by Crippen LogP contribution is -2.31. The minimum Gasteiger partial charge on any atom is -0.355 e. The first kappa shape index (κ1) is 22.2. The molecule has 32 heavy (non-hydrogen) atoms. The lowest BCUT2D eigenvalue weighted by Gasteiger charge is -2.24. The molecule has 166 valence electrons. The number of amides is 1. The summed E-state index contributed by atoms with van der Waals surface area (Å²) in [5.74, 6) is 0.413. The number of anilines is 2. The maximum Gasteiger partial charge on any atom is 0.258 e. The van der Waals surface area contributed by atoms with Crippen LogP contribution in [0, 0.1) is 5.82 Å². The third-order valence-electron chi connectivity index (χ3n) is 5.67. The molecule has 0 spiro atoms. The van der Waals surface area contributed by atoms with E-state index in [1.54, 1.807) is 41.3 Å². The average Bonchev–Trinajstić information content (AvgIpc) is 3.03. The minimum atomic E-state index is -0.346. The molecular weight excluding hydrogens is 427 g/mol. The molecule has 0 saturated carbocycles. The van der Waals surface area contributed by atoms with Crippen LogP contribution in [0.15, 0.2) is 66.9 Å². The highest BCUT2D eigenvalue weighted by Gasteiger charge is 2.19. The van der Waals surface area contributed by atoms with Crippen molar-refractivity contribution in [1.82, 2.24) is 9.88 Å². The summed E-state index contributed by atoms with van der Waals surface area (Å²) in [6.45, 7) is 4.35. The normalized spacial score (nSPS) is 14.8. The van der Waals surface area contributed by atoms with Gasteiger partial charge in [-0.25, -0.2) is 9.37 Å². The summed E-state index contributed by atoms with van der Waals surface area (Å²) in [6, 6.07) is 16.7. The molecule has 7 heteroatoms. The molecule has 0 radical (unpaired) electrons. The van der Waals surface area contributed by atoms with Crippen molar-refractivity contribution in [2.75, 3.05) is 43.0 Å². The third-order valence-corrected chi connectivity index (χ3v) is 5.92. The first-order valence-electron chi connectivity index (χ1n) is 10.7. The van der Waals surface area contributed by atoms with E-state index in [2.05, 4.69) is 21.8 Å². The van der Waals surface area contributed by atoms with Gasteiger partial charge < -0.3 is 14.7 Å². The van der Waals surface area contributed by atoms with Gasteiger partial charge in [-0.2, -0.15) is 0 Å². The zero-order chi connectivity index (χ0) is 22.5. The third kappa shape index (κ3) is 5.44. The molecule has 1 aromatic heterocycles. The summed E-state index contributed by atoms with van der Waals surface area (Å²) in [5, 5.41) is 0.564. The number of carbonyl (C=O) groups excluding carboxylic acids is 1. The standard InChI is InChI=1S/C25H26ClFN4O/c1-29-13-2-14-30(16-15-29)24-12-3-19(17-28-24)18-31(23-10-8-22(27)9-11-23)25(32)20-4-6-21(26)7-5-20/h3-12,17H,2,13-16,18H2,1H3. The average molecular weight is 453 g/mol. The fraction of sp³-hybridized carbons (Fsp3) is 0.280. The number of rotatable bonds is 5. The van der Waals surface area contributed by atoms with Gasteiger partial charge >= 0.3 is 0 Å². The van der Waals surface area contributed by atoms with Gasteiger partial charge in [0.25, 0.3) is 5.91 Å². The van der Waals surface area contributed by atoms with Crippen LogP contribution < -0.4 is 9.80 Å². The van der Waals surface area contributed by atoms with E-state index in [1.807, 2.05) is 18.3 Å². The highest BCUT2D eigenvalue weighted by atomic mass is 35.5. The number of aromatic nitrogens is 1. The second kappa shape index (κ2) is 10.1. The second-order valence-corrected chi connectivity index (χ2v) is 8.48. The molecule has 0 atom stereocenters. The van der Waals surface area contributed by atoms with Gasteiger partial charge in [-0.3, -0.25) is 4.79 Å². The van der Waals surface area contributed by atoms with Crippen LogP contribution in [0.1, 0.15) is 22.3 Å². The number of pyridine rings is 1. The molecule has 1 fully saturated rings. The van der Waals surface area contributed by atoms with Crippen molar-refractivity contribution >= 4 is 29.0 Å². The highest BCUT2D eigenvalue weighted by molar-refractivity contribution is 6.30. The van der Waals surface area contributed by atoms with E-state index in [0.29, 0.717) is 22.8 Å². The van der Waals surface area contributed by atoms with Crippen LogP contribution in [-0.4, -0.2) is 49.0 Å². The van der Waals surface area contributed by atoms with Crippen molar-refractivity contribution < 1.29 is 9.18 Å². The van der Waals surface area contributed by atoms with E-state index in [9.17, 15) is 9.18 Å². The van der Waals surface area contributed by atoms with Crippen LogP contribution in [0.4, 0.5) is 15.9 Å². The Hall–Kier alpha value is -2.96. The Bertz CT molecular complexity index is 1040. The largest absolute Gasteiger partial charge is 0.355 e. The summed E-state index contributed by atoms with van der Waals surface area (Å²) in [6.07, 6.45) is 2.92. The Labute approximate surface area is 193 Å². The van der Waals surface area contributed by atoms with Gasteiger partial charge in [-0.1, -0.05) is 17.7 Å². The zero-order valence-corrected chi connectivity index (χ0v) is 18.8. The predicted molar refractivity (Wildman–Crippen MR) is 127 cm³/mol. The van der Waals surface area contributed by atoms with Crippen molar-refractivity contribution in [3.63, 3.8) is 0 Å². The monoisotopic (exact) mass is 452 g/mol. The maximum atomic E-state index is 13.5. The lowest BCUT2D eigenvalue weighted by molar-refractivity contribution is 0.0985. The molecule has 1 aliphatic rings. The second-order valence-electron chi connectivity index (χ2n) is 8.04. The van der Waals surface area contributed by atoms with Gasteiger partial charge in [-0.05, 0) is 80.2 Å². The molecule has 1 saturated heterocycles. The van der Waals surface area contributed by atoms with Gasteiger partial charge in [0.05, 0.1) is 6.54 Å². The van der Waals surface area contributed by atoms with E-state index < -0.39 is 0 Å². The highest BCUT2D eigenvalue weighted by Crippen LogP contribution is 2.23. The molecule has 5 nitrogen and oxygen atoms in total. The van der Waals surface area contributed by atoms with Crippen LogP contribution in [0.3, 0.4) is 0 Å². The zero-order valence-electron chi connectivity index (χ0n) is 18.0. The fourth-order valence-corrected chi connectivity index (χ4v) is 3.93. The van der Waals surface area contributed by atoms with Crippen molar-refractivity contribution in [1.29, 1.82) is 0 Å². The Morgan fingerprint density at radius 1 is 1.00 bits per heavy atom. The summed E-state index contributed by atoms with van der Waals surface area (Å²) >= 11 is 5.98. The first-order valence-corrected chi connectivity index (χ1v) is 11.1. The molecule has 3 aromatic rings. The van der Waals surface area contributed by atoms with Gasteiger partial charge in [0, 0.05) is 42.1 Å². The van der Waals surface area contributed by atoms with Crippen LogP contribution >= 0.6 is 11.6 Å². The van der Waals surface area contributed by atoms with Crippen molar-refractivity contribution in [3.8, 4) is 0 Å².